The largest absolute Gasteiger partial charge is 0.465 e. The van der Waals surface area contributed by atoms with Gasteiger partial charge in [-0.05, 0) is 26.0 Å². The van der Waals surface area contributed by atoms with Crippen LogP contribution in [0.4, 0.5) is 0 Å². The molecule has 0 saturated carbocycles. The second kappa shape index (κ2) is 8.96. The highest BCUT2D eigenvalue weighted by Gasteiger charge is 2.13. The first-order valence-electron chi connectivity index (χ1n) is 7.31. The van der Waals surface area contributed by atoms with Crippen LogP contribution in [0.1, 0.15) is 13.8 Å². The molecule has 2 atom stereocenters. The van der Waals surface area contributed by atoms with Crippen LogP contribution in [0.5, 0.6) is 5.75 Å². The summed E-state index contributed by atoms with van der Waals surface area (Å²) in [6.45, 7) is 7.45. The van der Waals surface area contributed by atoms with E-state index in [9.17, 15) is 0 Å². The van der Waals surface area contributed by atoms with Gasteiger partial charge in [0.1, 0.15) is 5.75 Å². The van der Waals surface area contributed by atoms with E-state index in [0.717, 1.165) is 31.9 Å². The molecule has 6 heteroatoms. The predicted octanol–water partition coefficient (Wildman–Crippen LogP) is 1.58. The standard InChI is InChI=1S/C15H24N2O4/c1-13(18-12-19-17-10-8-16-9-11-17)20-14(2)21-15-6-4-3-5-7-15/h3-7,13-14,16H,8-12H2,1-2H3. The monoisotopic (exact) mass is 296 g/mol. The van der Waals surface area contributed by atoms with Gasteiger partial charge >= 0.3 is 0 Å². The van der Waals surface area contributed by atoms with Crippen LogP contribution in [0.3, 0.4) is 0 Å². The first-order chi connectivity index (χ1) is 10.2. The van der Waals surface area contributed by atoms with E-state index in [0.29, 0.717) is 0 Å². The molecule has 1 aromatic rings. The fourth-order valence-corrected chi connectivity index (χ4v) is 2.00. The van der Waals surface area contributed by atoms with E-state index >= 15 is 0 Å². The van der Waals surface area contributed by atoms with Gasteiger partial charge in [0.05, 0.1) is 0 Å². The number of piperazine rings is 1. The Hall–Kier alpha value is -1.18. The maximum absolute atomic E-state index is 5.62. The predicted molar refractivity (Wildman–Crippen MR) is 78.6 cm³/mol. The molecule has 1 heterocycles. The van der Waals surface area contributed by atoms with Gasteiger partial charge in [0.25, 0.3) is 0 Å². The summed E-state index contributed by atoms with van der Waals surface area (Å²) in [5, 5.41) is 5.16. The van der Waals surface area contributed by atoms with Crippen molar-refractivity contribution < 1.29 is 19.0 Å². The Labute approximate surface area is 125 Å². The van der Waals surface area contributed by atoms with E-state index in [-0.39, 0.29) is 13.1 Å². The van der Waals surface area contributed by atoms with Crippen molar-refractivity contribution in [2.24, 2.45) is 0 Å². The molecule has 1 saturated heterocycles. The Morgan fingerprint density at radius 2 is 1.81 bits per heavy atom. The summed E-state index contributed by atoms with van der Waals surface area (Å²) in [6.07, 6.45) is -0.784. The zero-order chi connectivity index (χ0) is 14.9. The van der Waals surface area contributed by atoms with Gasteiger partial charge < -0.3 is 19.5 Å². The molecule has 0 bridgehead atoms. The molecule has 1 aliphatic heterocycles. The number of benzene rings is 1. The van der Waals surface area contributed by atoms with E-state index in [1.807, 2.05) is 49.2 Å². The molecule has 6 nitrogen and oxygen atoms in total. The van der Waals surface area contributed by atoms with E-state index in [1.54, 1.807) is 0 Å². The van der Waals surface area contributed by atoms with Gasteiger partial charge in [0.15, 0.2) is 19.4 Å². The number of hydrogen-bond donors (Lipinski definition) is 1. The topological polar surface area (TPSA) is 52.2 Å². The average Bonchev–Trinajstić information content (AvgIpc) is 2.49. The quantitative estimate of drug-likeness (QED) is 0.735. The van der Waals surface area contributed by atoms with Gasteiger partial charge in [-0.15, -0.1) is 0 Å². The normalized spacial score (nSPS) is 19.1. The van der Waals surface area contributed by atoms with Gasteiger partial charge in [-0.1, -0.05) is 18.2 Å². The van der Waals surface area contributed by atoms with Crippen molar-refractivity contribution in [1.82, 2.24) is 10.4 Å². The summed E-state index contributed by atoms with van der Waals surface area (Å²) >= 11 is 0. The Morgan fingerprint density at radius 3 is 2.52 bits per heavy atom. The summed E-state index contributed by atoms with van der Waals surface area (Å²) in [7, 11) is 0. The van der Waals surface area contributed by atoms with E-state index in [1.165, 1.54) is 0 Å². The fourth-order valence-electron chi connectivity index (χ4n) is 2.00. The van der Waals surface area contributed by atoms with Crippen molar-refractivity contribution in [2.75, 3.05) is 33.0 Å². The maximum atomic E-state index is 5.62. The molecular weight excluding hydrogens is 272 g/mol. The highest BCUT2D eigenvalue weighted by atomic mass is 16.8. The Bertz CT molecular complexity index is 385. The smallest absolute Gasteiger partial charge is 0.199 e. The third-order valence-corrected chi connectivity index (χ3v) is 3.04. The van der Waals surface area contributed by atoms with E-state index in [4.69, 9.17) is 19.0 Å². The lowest BCUT2D eigenvalue weighted by atomic mass is 10.3. The van der Waals surface area contributed by atoms with Gasteiger partial charge in [-0.3, -0.25) is 4.84 Å². The van der Waals surface area contributed by atoms with Crippen molar-refractivity contribution in [3.63, 3.8) is 0 Å². The molecule has 118 valence electrons. The lowest BCUT2D eigenvalue weighted by molar-refractivity contribution is -0.286. The van der Waals surface area contributed by atoms with Crippen LogP contribution in [0.2, 0.25) is 0 Å². The molecule has 0 aliphatic carbocycles. The summed E-state index contributed by atoms with van der Waals surface area (Å²) in [5.41, 5.74) is 0. The second-order valence-corrected chi connectivity index (χ2v) is 4.79. The number of ether oxygens (including phenoxy) is 3. The number of nitrogens with zero attached hydrogens (tertiary/aromatic N) is 1. The van der Waals surface area contributed by atoms with Crippen LogP contribution in [0.25, 0.3) is 0 Å². The molecule has 1 aliphatic rings. The molecule has 2 rings (SSSR count). The molecule has 1 N–H and O–H groups in total. The highest BCUT2D eigenvalue weighted by molar-refractivity contribution is 5.20. The summed E-state index contributed by atoms with van der Waals surface area (Å²) in [6, 6.07) is 9.56. The molecular formula is C15H24N2O4. The first-order valence-corrected chi connectivity index (χ1v) is 7.31. The third kappa shape index (κ3) is 6.41. The second-order valence-electron chi connectivity index (χ2n) is 4.79. The van der Waals surface area contributed by atoms with Crippen LogP contribution >= 0.6 is 0 Å². The molecule has 1 aromatic carbocycles. The van der Waals surface area contributed by atoms with Crippen molar-refractivity contribution in [2.45, 2.75) is 26.4 Å². The lowest BCUT2D eigenvalue weighted by Gasteiger charge is -2.27. The Balaban J connectivity index is 1.58. The zero-order valence-corrected chi connectivity index (χ0v) is 12.7. The van der Waals surface area contributed by atoms with Crippen molar-refractivity contribution in [1.29, 1.82) is 0 Å². The molecule has 1 fully saturated rings. The van der Waals surface area contributed by atoms with Crippen molar-refractivity contribution in [3.8, 4) is 5.75 Å². The van der Waals surface area contributed by atoms with Crippen LogP contribution in [0.15, 0.2) is 30.3 Å². The molecule has 0 aromatic heterocycles. The number of hydroxylamine groups is 2. The Morgan fingerprint density at radius 1 is 1.10 bits per heavy atom. The number of nitrogens with one attached hydrogen (secondary N) is 1. The van der Waals surface area contributed by atoms with Gasteiger partial charge in [0.2, 0.25) is 0 Å². The van der Waals surface area contributed by atoms with Crippen LogP contribution in [-0.2, 0) is 14.3 Å². The molecule has 0 spiro atoms. The first kappa shape index (κ1) is 16.2. The van der Waals surface area contributed by atoms with Gasteiger partial charge in [0, 0.05) is 26.2 Å². The van der Waals surface area contributed by atoms with Crippen LogP contribution in [-0.4, -0.2) is 50.6 Å². The maximum Gasteiger partial charge on any atom is 0.199 e. The Kier molecular flexibility index (Phi) is 6.91. The molecule has 2 unspecified atom stereocenters. The van der Waals surface area contributed by atoms with Gasteiger partial charge in [-0.2, -0.15) is 5.06 Å². The van der Waals surface area contributed by atoms with E-state index in [2.05, 4.69) is 5.32 Å². The van der Waals surface area contributed by atoms with Crippen molar-refractivity contribution in [3.05, 3.63) is 30.3 Å². The number of hydrogen-bond acceptors (Lipinski definition) is 6. The lowest BCUT2D eigenvalue weighted by Crippen LogP contribution is -2.43. The van der Waals surface area contributed by atoms with Crippen molar-refractivity contribution >= 4 is 0 Å². The molecule has 0 amide bonds. The average molecular weight is 296 g/mol. The number of para-hydroxylation sites is 1. The summed E-state index contributed by atoms with van der Waals surface area (Å²) in [4.78, 5) is 5.50. The number of rotatable bonds is 8. The summed E-state index contributed by atoms with van der Waals surface area (Å²) in [5.74, 6) is 0.772. The minimum Gasteiger partial charge on any atom is -0.465 e. The molecule has 21 heavy (non-hydrogen) atoms. The van der Waals surface area contributed by atoms with Crippen LogP contribution in [0, 0.1) is 0 Å². The van der Waals surface area contributed by atoms with E-state index < -0.39 is 6.29 Å². The third-order valence-electron chi connectivity index (χ3n) is 3.04. The minimum atomic E-state index is -0.397. The molecule has 0 radical (unpaired) electrons. The SMILES string of the molecule is CC(OCON1CCNCC1)OC(C)Oc1ccccc1. The fraction of sp³-hybridized carbons (Fsp3) is 0.600. The summed E-state index contributed by atoms with van der Waals surface area (Å²) < 4.78 is 16.7. The highest BCUT2D eigenvalue weighted by Crippen LogP contribution is 2.12. The van der Waals surface area contributed by atoms with Crippen LogP contribution < -0.4 is 10.1 Å². The van der Waals surface area contributed by atoms with Gasteiger partial charge in [-0.25, -0.2) is 0 Å². The zero-order valence-electron chi connectivity index (χ0n) is 12.7. The minimum absolute atomic E-state index is 0.180.